The highest BCUT2D eigenvalue weighted by atomic mass is 32.2. The summed E-state index contributed by atoms with van der Waals surface area (Å²) in [5.74, 6) is 0.763. The molecule has 2 N–H and O–H groups in total. The van der Waals surface area contributed by atoms with Crippen molar-refractivity contribution >= 4 is 15.7 Å². The Kier molecular flexibility index (Phi) is 4.05. The first-order chi connectivity index (χ1) is 12.4. The molecule has 6 nitrogen and oxygen atoms in total. The van der Waals surface area contributed by atoms with Gasteiger partial charge in [0.2, 0.25) is 10.0 Å². The van der Waals surface area contributed by atoms with Crippen LogP contribution in [0, 0.1) is 0 Å². The van der Waals surface area contributed by atoms with Crippen molar-refractivity contribution in [2.45, 2.75) is 30.8 Å². The maximum Gasteiger partial charge on any atom is 0.238 e. The summed E-state index contributed by atoms with van der Waals surface area (Å²) in [6.45, 7) is 2.67. The van der Waals surface area contributed by atoms with Crippen LogP contribution < -0.4 is 10.0 Å². The van der Waals surface area contributed by atoms with E-state index in [0.717, 1.165) is 34.7 Å². The summed E-state index contributed by atoms with van der Waals surface area (Å²) in [4.78, 5) is 2.34. The largest absolute Gasteiger partial charge is 0.361 e. The van der Waals surface area contributed by atoms with Gasteiger partial charge in [0.25, 0.3) is 0 Å². The van der Waals surface area contributed by atoms with Crippen molar-refractivity contribution < 1.29 is 12.9 Å². The zero-order valence-corrected chi connectivity index (χ0v) is 15.1. The molecule has 1 unspecified atom stereocenters. The van der Waals surface area contributed by atoms with Gasteiger partial charge in [-0.05, 0) is 37.1 Å². The quantitative estimate of drug-likeness (QED) is 0.764. The van der Waals surface area contributed by atoms with E-state index < -0.39 is 10.0 Å². The van der Waals surface area contributed by atoms with E-state index in [9.17, 15) is 8.42 Å². The highest BCUT2D eigenvalue weighted by Gasteiger charge is 2.28. The summed E-state index contributed by atoms with van der Waals surface area (Å²) in [6.07, 6.45) is 0.762. The number of anilines is 1. The van der Waals surface area contributed by atoms with E-state index in [2.05, 4.69) is 17.0 Å². The highest BCUT2D eigenvalue weighted by Crippen LogP contribution is 2.35. The lowest BCUT2D eigenvalue weighted by Crippen LogP contribution is -2.28. The third-order valence-corrected chi connectivity index (χ3v) is 5.60. The number of primary sulfonamides is 1. The number of nitrogens with two attached hydrogens (primary N) is 1. The molecule has 7 heteroatoms. The smallest absolute Gasteiger partial charge is 0.238 e. The predicted molar refractivity (Wildman–Crippen MR) is 99.1 cm³/mol. The average Bonchev–Trinajstić information content (AvgIpc) is 3.20. The molecule has 4 rings (SSSR count). The first-order valence-corrected chi connectivity index (χ1v) is 9.90. The predicted octanol–water partition coefficient (Wildman–Crippen LogP) is 2.94. The van der Waals surface area contributed by atoms with Gasteiger partial charge >= 0.3 is 0 Å². The first kappa shape index (κ1) is 16.8. The third-order valence-electron chi connectivity index (χ3n) is 4.69. The zero-order chi connectivity index (χ0) is 18.3. The van der Waals surface area contributed by atoms with Crippen LogP contribution in [0.1, 0.15) is 18.2 Å². The molecule has 1 atom stereocenters. The normalized spacial score (nSPS) is 16.7. The van der Waals surface area contributed by atoms with E-state index in [1.165, 1.54) is 0 Å². The minimum atomic E-state index is -3.69. The van der Waals surface area contributed by atoms with Crippen LogP contribution >= 0.6 is 0 Å². The fraction of sp³-hybridized carbons (Fsp3) is 0.211. The maximum absolute atomic E-state index is 11.6. The number of nitrogens with zero attached hydrogens (tertiary/aromatic N) is 2. The van der Waals surface area contributed by atoms with Crippen molar-refractivity contribution in [1.29, 1.82) is 0 Å². The average molecular weight is 369 g/mol. The zero-order valence-electron chi connectivity index (χ0n) is 14.3. The molecule has 134 valence electrons. The lowest BCUT2D eigenvalue weighted by molar-refractivity contribution is 0.380. The molecular weight excluding hydrogens is 350 g/mol. The monoisotopic (exact) mass is 369 g/mol. The van der Waals surface area contributed by atoms with Crippen LogP contribution in [-0.2, 0) is 23.0 Å². The van der Waals surface area contributed by atoms with Gasteiger partial charge in [-0.2, -0.15) is 0 Å². The van der Waals surface area contributed by atoms with Gasteiger partial charge < -0.3 is 9.42 Å². The van der Waals surface area contributed by atoms with Crippen molar-refractivity contribution in [2.75, 3.05) is 4.90 Å². The molecule has 0 amide bonds. The first-order valence-electron chi connectivity index (χ1n) is 8.35. The van der Waals surface area contributed by atoms with Gasteiger partial charge in [0.1, 0.15) is 5.69 Å². The van der Waals surface area contributed by atoms with E-state index in [4.69, 9.17) is 9.66 Å². The summed E-state index contributed by atoms with van der Waals surface area (Å²) in [5.41, 5.74) is 3.79. The van der Waals surface area contributed by atoms with Crippen LogP contribution in [0.2, 0.25) is 0 Å². The molecule has 0 saturated heterocycles. The topological polar surface area (TPSA) is 89.4 Å². The number of hydrogen-bond acceptors (Lipinski definition) is 5. The molecule has 1 aliphatic heterocycles. The van der Waals surface area contributed by atoms with Crippen LogP contribution in [0.5, 0.6) is 0 Å². The Morgan fingerprint density at radius 2 is 1.96 bits per heavy atom. The molecular formula is C19H19N3O3S. The summed E-state index contributed by atoms with van der Waals surface area (Å²) < 4.78 is 28.6. The van der Waals surface area contributed by atoms with Crippen molar-refractivity contribution in [3.63, 3.8) is 0 Å². The molecule has 26 heavy (non-hydrogen) atoms. The standard InChI is InChI=1S/C19H19N3O3S/c1-13-9-15-10-17(26(20,23)24)7-8-19(15)22(13)12-16-11-18(21-25-16)14-5-3-2-4-6-14/h2-8,10-11,13H,9,12H2,1H3,(H2,20,23,24). The molecule has 2 aromatic carbocycles. The van der Waals surface area contributed by atoms with Gasteiger partial charge in [-0.25, -0.2) is 13.6 Å². The second-order valence-corrected chi connectivity index (χ2v) is 8.12. The van der Waals surface area contributed by atoms with Crippen molar-refractivity contribution in [3.8, 4) is 11.3 Å². The molecule has 0 fully saturated rings. The van der Waals surface area contributed by atoms with Crippen molar-refractivity contribution in [1.82, 2.24) is 5.16 Å². The second-order valence-electron chi connectivity index (χ2n) is 6.56. The molecule has 0 radical (unpaired) electrons. The van der Waals surface area contributed by atoms with E-state index in [0.29, 0.717) is 6.54 Å². The van der Waals surface area contributed by atoms with Crippen LogP contribution in [0.15, 0.2) is 64.0 Å². The van der Waals surface area contributed by atoms with Gasteiger partial charge in [0.05, 0.1) is 11.4 Å². The van der Waals surface area contributed by atoms with E-state index in [1.807, 2.05) is 42.5 Å². The van der Waals surface area contributed by atoms with Gasteiger partial charge in [-0.3, -0.25) is 0 Å². The maximum atomic E-state index is 11.6. The molecule has 0 saturated carbocycles. The highest BCUT2D eigenvalue weighted by molar-refractivity contribution is 7.89. The van der Waals surface area contributed by atoms with Gasteiger partial charge in [-0.15, -0.1) is 0 Å². The fourth-order valence-corrected chi connectivity index (χ4v) is 3.95. The molecule has 3 aromatic rings. The molecule has 1 aliphatic rings. The van der Waals surface area contributed by atoms with E-state index >= 15 is 0 Å². The SMILES string of the molecule is CC1Cc2cc(S(N)(=O)=O)ccc2N1Cc1cc(-c2ccccc2)no1. The fourth-order valence-electron chi connectivity index (χ4n) is 3.39. The lowest BCUT2D eigenvalue weighted by Gasteiger charge is -2.23. The van der Waals surface area contributed by atoms with Gasteiger partial charge in [0.15, 0.2) is 5.76 Å². The van der Waals surface area contributed by atoms with Crippen LogP contribution in [0.25, 0.3) is 11.3 Å². The number of benzene rings is 2. The van der Waals surface area contributed by atoms with Gasteiger partial charge in [-0.1, -0.05) is 35.5 Å². The molecule has 0 aliphatic carbocycles. The van der Waals surface area contributed by atoms with Crippen LogP contribution in [0.3, 0.4) is 0 Å². The minimum absolute atomic E-state index is 0.149. The number of hydrogen-bond donors (Lipinski definition) is 1. The number of sulfonamides is 1. The summed E-state index contributed by atoms with van der Waals surface area (Å²) >= 11 is 0. The van der Waals surface area contributed by atoms with Crippen molar-refractivity contribution in [2.24, 2.45) is 5.14 Å². The third kappa shape index (κ3) is 3.11. The summed E-state index contributed by atoms with van der Waals surface area (Å²) in [6, 6.07) is 17.1. The second kappa shape index (κ2) is 6.26. The Bertz CT molecular complexity index is 1040. The Morgan fingerprint density at radius 3 is 2.69 bits per heavy atom. The van der Waals surface area contributed by atoms with E-state index in [-0.39, 0.29) is 10.9 Å². The van der Waals surface area contributed by atoms with Gasteiger partial charge in [0, 0.05) is 23.4 Å². The van der Waals surface area contributed by atoms with Crippen molar-refractivity contribution in [3.05, 3.63) is 65.9 Å². The Morgan fingerprint density at radius 1 is 1.19 bits per heavy atom. The summed E-state index contributed by atoms with van der Waals surface area (Å²) in [7, 11) is -3.69. The Balaban J connectivity index is 1.60. The van der Waals surface area contributed by atoms with Crippen LogP contribution in [-0.4, -0.2) is 19.6 Å². The number of rotatable bonds is 4. The number of aromatic nitrogens is 1. The molecule has 0 spiro atoms. The van der Waals surface area contributed by atoms with Crippen LogP contribution in [0.4, 0.5) is 5.69 Å². The minimum Gasteiger partial charge on any atom is -0.361 e. The Hall–Kier alpha value is -2.64. The lowest BCUT2D eigenvalue weighted by atomic mass is 10.1. The summed E-state index contributed by atoms with van der Waals surface area (Å²) in [5, 5.41) is 9.40. The molecule has 1 aromatic heterocycles. The number of fused-ring (bicyclic) bond motifs is 1. The molecule has 2 heterocycles. The molecule has 0 bridgehead atoms. The van der Waals surface area contributed by atoms with E-state index in [1.54, 1.807) is 12.1 Å². The Labute approximate surface area is 152 Å².